The van der Waals surface area contributed by atoms with E-state index in [9.17, 15) is 9.59 Å². The fourth-order valence-corrected chi connectivity index (χ4v) is 3.81. The van der Waals surface area contributed by atoms with Crippen LogP contribution in [0.3, 0.4) is 0 Å². The number of aryl methyl sites for hydroxylation is 1. The molecule has 0 spiro atoms. The average molecular weight is 414 g/mol. The van der Waals surface area contributed by atoms with Gasteiger partial charge in [-0.15, -0.1) is 0 Å². The topological polar surface area (TPSA) is 79.2 Å². The van der Waals surface area contributed by atoms with Gasteiger partial charge in [-0.25, -0.2) is 0 Å². The van der Waals surface area contributed by atoms with Crippen LogP contribution in [0.25, 0.3) is 0 Å². The highest BCUT2D eigenvalue weighted by molar-refractivity contribution is 5.96. The summed E-state index contributed by atoms with van der Waals surface area (Å²) in [6, 6.07) is 7.04. The first-order chi connectivity index (χ1) is 14.4. The van der Waals surface area contributed by atoms with Crippen LogP contribution < -0.4 is 24.5 Å². The van der Waals surface area contributed by atoms with E-state index in [-0.39, 0.29) is 17.6 Å². The lowest BCUT2D eigenvalue weighted by Crippen LogP contribution is -2.56. The first kappa shape index (κ1) is 20.1. The smallest absolute Gasteiger partial charge is 0.254 e. The third kappa shape index (κ3) is 3.69. The Kier molecular flexibility index (Phi) is 5.32. The normalized spacial score (nSPS) is 16.1. The summed E-state index contributed by atoms with van der Waals surface area (Å²) in [7, 11) is 4.54. The van der Waals surface area contributed by atoms with Crippen LogP contribution in [0, 0.1) is 6.92 Å². The van der Waals surface area contributed by atoms with E-state index in [1.54, 1.807) is 17.0 Å². The minimum absolute atomic E-state index is 0.0304. The van der Waals surface area contributed by atoms with Crippen molar-refractivity contribution >= 4 is 5.91 Å². The number of aromatic nitrogens is 1. The van der Waals surface area contributed by atoms with Crippen molar-refractivity contribution in [2.24, 2.45) is 0 Å². The van der Waals surface area contributed by atoms with E-state index in [0.717, 1.165) is 18.5 Å². The highest BCUT2D eigenvalue weighted by Crippen LogP contribution is 2.39. The maximum Gasteiger partial charge on any atom is 0.254 e. The summed E-state index contributed by atoms with van der Waals surface area (Å²) in [6.45, 7) is 2.81. The monoisotopic (exact) mass is 414 g/mol. The first-order valence-electron chi connectivity index (χ1n) is 9.94. The maximum absolute atomic E-state index is 12.9. The molecule has 1 saturated carbocycles. The Hall–Kier alpha value is -3.16. The lowest BCUT2D eigenvalue weighted by molar-refractivity contribution is 0.0176. The molecular weight excluding hydrogens is 388 g/mol. The number of rotatable bonds is 7. The van der Waals surface area contributed by atoms with E-state index in [2.05, 4.69) is 0 Å². The first-order valence-corrected chi connectivity index (χ1v) is 9.94. The molecule has 4 rings (SSSR count). The number of methoxy groups -OCH3 is 3. The number of carbonyl (C=O) groups excluding carboxylic acids is 1. The van der Waals surface area contributed by atoms with Gasteiger partial charge in [0.15, 0.2) is 11.5 Å². The second kappa shape index (κ2) is 7.93. The molecule has 2 fully saturated rings. The number of hydrogen-bond acceptors (Lipinski definition) is 6. The number of carbonyl (C=O) groups is 1. The molecule has 2 aromatic rings. The van der Waals surface area contributed by atoms with Crippen molar-refractivity contribution in [3.05, 3.63) is 45.9 Å². The fraction of sp³-hybridized carbons (Fsp3) is 0.455. The Morgan fingerprint density at radius 1 is 0.967 bits per heavy atom. The van der Waals surface area contributed by atoms with Crippen molar-refractivity contribution in [1.82, 2.24) is 9.47 Å². The predicted octanol–water partition coefficient (Wildman–Crippen LogP) is 2.42. The lowest BCUT2D eigenvalue weighted by atomic mass is 10.1. The Balaban J connectivity index is 1.42. The molecule has 160 valence electrons. The van der Waals surface area contributed by atoms with Crippen molar-refractivity contribution in [3.63, 3.8) is 0 Å². The zero-order valence-corrected chi connectivity index (χ0v) is 17.6. The fourth-order valence-electron chi connectivity index (χ4n) is 3.81. The highest BCUT2D eigenvalue weighted by Gasteiger charge is 2.34. The van der Waals surface area contributed by atoms with Crippen LogP contribution in [0.1, 0.15) is 34.9 Å². The molecule has 1 aromatic carbocycles. The van der Waals surface area contributed by atoms with Crippen molar-refractivity contribution in [1.29, 1.82) is 0 Å². The van der Waals surface area contributed by atoms with Gasteiger partial charge in [-0.3, -0.25) is 9.59 Å². The summed E-state index contributed by atoms with van der Waals surface area (Å²) < 4.78 is 23.7. The SMILES string of the molecule is COc1cc(C(=O)N2CC(Oc3cc(C)n(C4CC4)c(=O)c3)C2)cc(OC)c1OC. The summed E-state index contributed by atoms with van der Waals surface area (Å²) in [5.74, 6) is 1.71. The van der Waals surface area contributed by atoms with Crippen molar-refractivity contribution < 1.29 is 23.7 Å². The lowest BCUT2D eigenvalue weighted by Gasteiger charge is -2.39. The number of amides is 1. The zero-order chi connectivity index (χ0) is 21.4. The van der Waals surface area contributed by atoms with Crippen molar-refractivity contribution in [2.45, 2.75) is 31.9 Å². The van der Waals surface area contributed by atoms with Gasteiger partial charge in [-0.2, -0.15) is 0 Å². The maximum atomic E-state index is 12.9. The molecule has 0 bridgehead atoms. The molecule has 1 amide bonds. The van der Waals surface area contributed by atoms with E-state index in [4.69, 9.17) is 18.9 Å². The van der Waals surface area contributed by atoms with Crippen molar-refractivity contribution in [2.75, 3.05) is 34.4 Å². The van der Waals surface area contributed by atoms with E-state index < -0.39 is 0 Å². The van der Waals surface area contributed by atoms with Crippen LogP contribution in [0.15, 0.2) is 29.1 Å². The number of pyridine rings is 1. The molecule has 30 heavy (non-hydrogen) atoms. The van der Waals surface area contributed by atoms with Gasteiger partial charge >= 0.3 is 0 Å². The van der Waals surface area contributed by atoms with Gasteiger partial charge in [-0.1, -0.05) is 0 Å². The van der Waals surface area contributed by atoms with E-state index in [1.165, 1.54) is 27.4 Å². The number of ether oxygens (including phenoxy) is 4. The molecule has 0 N–H and O–H groups in total. The minimum Gasteiger partial charge on any atom is -0.493 e. The van der Waals surface area contributed by atoms with Crippen LogP contribution in [0.5, 0.6) is 23.0 Å². The Morgan fingerprint density at radius 3 is 2.10 bits per heavy atom. The largest absolute Gasteiger partial charge is 0.493 e. The van der Waals surface area contributed by atoms with Gasteiger partial charge in [0.2, 0.25) is 5.75 Å². The van der Waals surface area contributed by atoms with Gasteiger partial charge in [0.05, 0.1) is 34.4 Å². The predicted molar refractivity (Wildman–Crippen MR) is 110 cm³/mol. The van der Waals surface area contributed by atoms with E-state index in [1.807, 2.05) is 17.6 Å². The van der Waals surface area contributed by atoms with Crippen LogP contribution in [-0.2, 0) is 0 Å². The second-order valence-corrected chi connectivity index (χ2v) is 7.64. The summed E-state index contributed by atoms with van der Waals surface area (Å²) >= 11 is 0. The molecule has 8 nitrogen and oxygen atoms in total. The van der Waals surface area contributed by atoms with Gasteiger partial charge < -0.3 is 28.4 Å². The average Bonchev–Trinajstić information content (AvgIpc) is 3.53. The number of benzene rings is 1. The number of hydrogen-bond donors (Lipinski definition) is 0. The number of likely N-dealkylation sites (tertiary alicyclic amines) is 1. The zero-order valence-electron chi connectivity index (χ0n) is 17.6. The summed E-state index contributed by atoms with van der Waals surface area (Å²) in [5, 5.41) is 0. The summed E-state index contributed by atoms with van der Waals surface area (Å²) in [5.41, 5.74) is 1.33. The van der Waals surface area contributed by atoms with Crippen LogP contribution in [0.2, 0.25) is 0 Å². The molecule has 1 aromatic heterocycles. The number of nitrogens with zero attached hydrogens (tertiary/aromatic N) is 2. The van der Waals surface area contributed by atoms with Gasteiger partial charge in [0.25, 0.3) is 11.5 Å². The standard InChI is InChI=1S/C22H26N2O6/c1-13-7-16(10-20(25)24(13)15-5-6-15)30-17-11-23(12-17)22(26)14-8-18(27-2)21(29-4)19(9-14)28-3/h7-10,15,17H,5-6,11-12H2,1-4H3. The third-order valence-corrected chi connectivity index (χ3v) is 5.50. The molecule has 0 radical (unpaired) electrons. The Bertz CT molecular complexity index is 996. The molecule has 0 unspecified atom stereocenters. The highest BCUT2D eigenvalue weighted by atomic mass is 16.5. The van der Waals surface area contributed by atoms with Crippen LogP contribution in [-0.4, -0.2) is 55.9 Å². The van der Waals surface area contributed by atoms with E-state index in [0.29, 0.717) is 47.7 Å². The molecule has 0 atom stereocenters. The molecule has 8 heteroatoms. The summed E-state index contributed by atoms with van der Waals surface area (Å²) in [6.07, 6.45) is 1.97. The van der Waals surface area contributed by atoms with Crippen molar-refractivity contribution in [3.8, 4) is 23.0 Å². The van der Waals surface area contributed by atoms with E-state index >= 15 is 0 Å². The molecule has 1 aliphatic heterocycles. The van der Waals surface area contributed by atoms with Gasteiger partial charge in [0, 0.05) is 23.4 Å². The van der Waals surface area contributed by atoms with Crippen LogP contribution >= 0.6 is 0 Å². The Morgan fingerprint density at radius 2 is 1.60 bits per heavy atom. The molecule has 1 aliphatic carbocycles. The quantitative estimate of drug-likeness (QED) is 0.692. The van der Waals surface area contributed by atoms with Gasteiger partial charge in [-0.05, 0) is 38.0 Å². The molecular formula is C22H26N2O6. The van der Waals surface area contributed by atoms with Crippen LogP contribution in [0.4, 0.5) is 0 Å². The summed E-state index contributed by atoms with van der Waals surface area (Å²) in [4.78, 5) is 26.9. The second-order valence-electron chi connectivity index (χ2n) is 7.64. The third-order valence-electron chi connectivity index (χ3n) is 5.50. The van der Waals surface area contributed by atoms with Gasteiger partial charge in [0.1, 0.15) is 11.9 Å². The molecule has 2 heterocycles. The minimum atomic E-state index is -0.147. The molecule has 1 saturated heterocycles. The molecule has 2 aliphatic rings. The Labute approximate surface area is 174 Å².